The van der Waals surface area contributed by atoms with Crippen molar-refractivity contribution in [2.24, 2.45) is 0 Å². The second-order valence-electron chi connectivity index (χ2n) is 3.11. The van der Waals surface area contributed by atoms with Gasteiger partial charge >= 0.3 is 0 Å². The molecule has 0 amide bonds. The van der Waals surface area contributed by atoms with E-state index in [1.165, 1.54) is 16.7 Å². The van der Waals surface area contributed by atoms with Gasteiger partial charge in [-0.25, -0.2) is 0 Å². The molecule has 0 aliphatic rings. The van der Waals surface area contributed by atoms with E-state index < -0.39 is 0 Å². The lowest BCUT2D eigenvalue weighted by Crippen LogP contribution is -1.86. The first kappa shape index (κ1) is 11.2. The molecule has 0 nitrogen and oxygen atoms in total. The monoisotopic (exact) mass is 164 g/mol. The molecule has 68 valence electrons. The second-order valence-corrected chi connectivity index (χ2v) is 3.11. The molecule has 0 saturated heterocycles. The third-order valence-electron chi connectivity index (χ3n) is 1.95. The molecular weight excluding hydrogens is 144 g/mol. The van der Waals surface area contributed by atoms with Crippen LogP contribution in [0.2, 0.25) is 0 Å². The average Bonchev–Trinajstić information content (AvgIpc) is 2.01. The summed E-state index contributed by atoms with van der Waals surface area (Å²) in [6, 6.07) is 0. The summed E-state index contributed by atoms with van der Waals surface area (Å²) < 4.78 is 0. The van der Waals surface area contributed by atoms with E-state index in [0.717, 1.165) is 12.8 Å². The van der Waals surface area contributed by atoms with Crippen LogP contribution in [-0.2, 0) is 0 Å². The van der Waals surface area contributed by atoms with E-state index in [1.807, 2.05) is 0 Å². The summed E-state index contributed by atoms with van der Waals surface area (Å²) in [6.45, 7) is 12.5. The lowest BCUT2D eigenvalue weighted by molar-refractivity contribution is 1.08. The minimum atomic E-state index is 1.08. The van der Waals surface area contributed by atoms with Crippen LogP contribution in [0.3, 0.4) is 0 Å². The van der Waals surface area contributed by atoms with Crippen LogP contribution < -0.4 is 0 Å². The van der Waals surface area contributed by atoms with Crippen LogP contribution in [0.25, 0.3) is 0 Å². The predicted molar refractivity (Wildman–Crippen MR) is 57.2 cm³/mol. The Balaban J connectivity index is 4.60. The Labute approximate surface area is 76.7 Å². The fourth-order valence-corrected chi connectivity index (χ4v) is 1.31. The van der Waals surface area contributed by atoms with E-state index in [0.29, 0.717) is 0 Å². The van der Waals surface area contributed by atoms with Gasteiger partial charge in [0.1, 0.15) is 0 Å². The highest BCUT2D eigenvalue weighted by molar-refractivity contribution is 5.36. The van der Waals surface area contributed by atoms with Gasteiger partial charge in [-0.2, -0.15) is 0 Å². The highest BCUT2D eigenvalue weighted by Gasteiger charge is 1.97. The summed E-state index contributed by atoms with van der Waals surface area (Å²) in [6.07, 6.45) is 6.56. The standard InChI is InChI=1S/C12H20/c1-6-8-9-11(5)12(7-2)10(3)4/h8-9H,3,6-7H2,1-2,4-5H3/b9-8-,12-11+. The van der Waals surface area contributed by atoms with Crippen LogP contribution in [0.15, 0.2) is 35.5 Å². The van der Waals surface area contributed by atoms with Crippen LogP contribution in [0.5, 0.6) is 0 Å². The molecule has 0 aromatic carbocycles. The van der Waals surface area contributed by atoms with Crippen molar-refractivity contribution in [2.75, 3.05) is 0 Å². The maximum Gasteiger partial charge on any atom is -0.0302 e. The Bertz CT molecular complexity index is 204. The Morgan fingerprint density at radius 3 is 2.17 bits per heavy atom. The molecule has 0 fully saturated rings. The van der Waals surface area contributed by atoms with Crippen molar-refractivity contribution in [1.82, 2.24) is 0 Å². The van der Waals surface area contributed by atoms with Gasteiger partial charge in [0.2, 0.25) is 0 Å². The minimum absolute atomic E-state index is 1.08. The van der Waals surface area contributed by atoms with Gasteiger partial charge in [-0.3, -0.25) is 0 Å². The van der Waals surface area contributed by atoms with E-state index in [9.17, 15) is 0 Å². The van der Waals surface area contributed by atoms with Gasteiger partial charge < -0.3 is 0 Å². The molecule has 0 aliphatic heterocycles. The van der Waals surface area contributed by atoms with E-state index in [-0.39, 0.29) is 0 Å². The van der Waals surface area contributed by atoms with Crippen molar-refractivity contribution in [3.63, 3.8) is 0 Å². The molecule has 0 heteroatoms. The van der Waals surface area contributed by atoms with Gasteiger partial charge in [-0.1, -0.05) is 38.2 Å². The summed E-state index contributed by atoms with van der Waals surface area (Å²) in [4.78, 5) is 0. The fourth-order valence-electron chi connectivity index (χ4n) is 1.31. The second kappa shape index (κ2) is 5.82. The third kappa shape index (κ3) is 3.56. The highest BCUT2D eigenvalue weighted by atomic mass is 14.0. The molecule has 0 radical (unpaired) electrons. The maximum atomic E-state index is 3.96. The van der Waals surface area contributed by atoms with Gasteiger partial charge in [0.15, 0.2) is 0 Å². The normalized spacial score (nSPS) is 13.3. The van der Waals surface area contributed by atoms with Gasteiger partial charge in [-0.05, 0) is 37.8 Å². The quantitative estimate of drug-likeness (QED) is 0.545. The summed E-state index contributed by atoms with van der Waals surface area (Å²) >= 11 is 0. The molecular formula is C12H20. The number of rotatable bonds is 4. The molecule has 0 rings (SSSR count). The minimum Gasteiger partial charge on any atom is -0.0958 e. The van der Waals surface area contributed by atoms with Gasteiger partial charge in [0, 0.05) is 0 Å². The SMILES string of the molecule is C=C(C)/C(CC)=C(C)/C=C\CC. The highest BCUT2D eigenvalue weighted by Crippen LogP contribution is 2.17. The van der Waals surface area contributed by atoms with E-state index in [4.69, 9.17) is 0 Å². The van der Waals surface area contributed by atoms with E-state index in [2.05, 4.69) is 46.4 Å². The smallest absolute Gasteiger partial charge is 0.0302 e. The molecule has 0 saturated carbocycles. The summed E-state index contributed by atoms with van der Waals surface area (Å²) in [5.74, 6) is 0. The largest absolute Gasteiger partial charge is 0.0958 e. The van der Waals surface area contributed by atoms with Crippen molar-refractivity contribution in [3.8, 4) is 0 Å². The van der Waals surface area contributed by atoms with Crippen molar-refractivity contribution in [1.29, 1.82) is 0 Å². The Kier molecular flexibility index (Phi) is 5.44. The summed E-state index contributed by atoms with van der Waals surface area (Å²) in [5, 5.41) is 0. The number of hydrogen-bond acceptors (Lipinski definition) is 0. The molecule has 0 N–H and O–H groups in total. The lowest BCUT2D eigenvalue weighted by Gasteiger charge is -2.06. The van der Waals surface area contributed by atoms with Gasteiger partial charge in [0.05, 0.1) is 0 Å². The molecule has 0 unspecified atom stereocenters. The van der Waals surface area contributed by atoms with E-state index in [1.54, 1.807) is 0 Å². The first-order chi connectivity index (χ1) is 5.63. The molecule has 0 aromatic heterocycles. The molecule has 0 spiro atoms. The van der Waals surface area contributed by atoms with Crippen LogP contribution in [-0.4, -0.2) is 0 Å². The van der Waals surface area contributed by atoms with Crippen LogP contribution >= 0.6 is 0 Å². The fraction of sp³-hybridized carbons (Fsp3) is 0.500. The van der Waals surface area contributed by atoms with Crippen LogP contribution in [0, 0.1) is 0 Å². The Morgan fingerprint density at radius 1 is 1.25 bits per heavy atom. The summed E-state index contributed by atoms with van der Waals surface area (Å²) in [7, 11) is 0. The van der Waals surface area contributed by atoms with Crippen LogP contribution in [0.1, 0.15) is 40.5 Å². The summed E-state index contributed by atoms with van der Waals surface area (Å²) in [5.41, 5.74) is 3.93. The van der Waals surface area contributed by atoms with Crippen LogP contribution in [0.4, 0.5) is 0 Å². The van der Waals surface area contributed by atoms with E-state index >= 15 is 0 Å². The first-order valence-electron chi connectivity index (χ1n) is 4.65. The Hall–Kier alpha value is -0.780. The third-order valence-corrected chi connectivity index (χ3v) is 1.95. The molecule has 0 heterocycles. The molecule has 0 atom stereocenters. The molecule has 0 aromatic rings. The average molecular weight is 164 g/mol. The van der Waals surface area contributed by atoms with Crippen molar-refractivity contribution >= 4 is 0 Å². The topological polar surface area (TPSA) is 0 Å². The van der Waals surface area contributed by atoms with Gasteiger partial charge in [0.25, 0.3) is 0 Å². The number of hydrogen-bond donors (Lipinski definition) is 0. The zero-order valence-electron chi connectivity index (χ0n) is 8.78. The van der Waals surface area contributed by atoms with Gasteiger partial charge in [-0.15, -0.1) is 0 Å². The zero-order chi connectivity index (χ0) is 9.56. The molecule has 12 heavy (non-hydrogen) atoms. The predicted octanol–water partition coefficient (Wildman–Crippen LogP) is 4.26. The zero-order valence-corrected chi connectivity index (χ0v) is 8.78. The van der Waals surface area contributed by atoms with Crippen molar-refractivity contribution in [3.05, 3.63) is 35.5 Å². The first-order valence-corrected chi connectivity index (χ1v) is 4.65. The number of allylic oxidation sites excluding steroid dienone is 5. The lowest BCUT2D eigenvalue weighted by atomic mass is 10.0. The molecule has 0 aliphatic carbocycles. The van der Waals surface area contributed by atoms with Crippen molar-refractivity contribution < 1.29 is 0 Å². The molecule has 0 bridgehead atoms. The maximum absolute atomic E-state index is 3.96. The Morgan fingerprint density at radius 2 is 1.83 bits per heavy atom. The van der Waals surface area contributed by atoms with Crippen molar-refractivity contribution in [2.45, 2.75) is 40.5 Å².